The molecule has 0 amide bonds. The molecule has 0 atom stereocenters. The van der Waals surface area contributed by atoms with Gasteiger partial charge in [0, 0.05) is 39.9 Å². The Morgan fingerprint density at radius 2 is 1.93 bits per heavy atom. The molecule has 14 heavy (non-hydrogen) atoms. The maximum atomic E-state index is 5.21. The van der Waals surface area contributed by atoms with Gasteiger partial charge in [0.25, 0.3) is 0 Å². The summed E-state index contributed by atoms with van der Waals surface area (Å²) in [6.45, 7) is 8.40. The zero-order valence-corrected chi connectivity index (χ0v) is 9.71. The van der Waals surface area contributed by atoms with Gasteiger partial charge in [-0.1, -0.05) is 0 Å². The van der Waals surface area contributed by atoms with Gasteiger partial charge in [-0.25, -0.2) is 0 Å². The van der Waals surface area contributed by atoms with E-state index in [1.165, 1.54) is 0 Å². The predicted octanol–water partition coefficient (Wildman–Crippen LogP) is 0.191. The summed E-state index contributed by atoms with van der Waals surface area (Å²) in [6.07, 6.45) is 0. The first-order chi connectivity index (χ1) is 6.81. The summed E-state index contributed by atoms with van der Waals surface area (Å²) in [6, 6.07) is 0. The van der Waals surface area contributed by atoms with Crippen LogP contribution in [0.25, 0.3) is 0 Å². The van der Waals surface area contributed by atoms with Gasteiger partial charge in [0.1, 0.15) is 0 Å². The lowest BCUT2D eigenvalue weighted by Gasteiger charge is -2.16. The highest BCUT2D eigenvalue weighted by Crippen LogP contribution is 1.80. The molecule has 0 aliphatic heterocycles. The van der Waals surface area contributed by atoms with Gasteiger partial charge < -0.3 is 19.7 Å². The van der Waals surface area contributed by atoms with Crippen LogP contribution in [-0.2, 0) is 9.47 Å². The topological polar surface area (TPSA) is 33.7 Å². The third-order valence-corrected chi connectivity index (χ3v) is 1.97. The Hall–Kier alpha value is -0.160. The fourth-order valence-electron chi connectivity index (χ4n) is 1.04. The zero-order chi connectivity index (χ0) is 10.6. The van der Waals surface area contributed by atoms with Crippen molar-refractivity contribution in [3.63, 3.8) is 0 Å². The van der Waals surface area contributed by atoms with Crippen LogP contribution in [0.5, 0.6) is 0 Å². The summed E-state index contributed by atoms with van der Waals surface area (Å²) in [7, 11) is 3.83. The molecule has 0 rings (SSSR count). The van der Waals surface area contributed by atoms with Crippen molar-refractivity contribution in [1.82, 2.24) is 10.2 Å². The Labute approximate surface area is 87.6 Å². The minimum atomic E-state index is 0.801. The van der Waals surface area contributed by atoms with Crippen molar-refractivity contribution >= 4 is 0 Å². The van der Waals surface area contributed by atoms with Crippen molar-refractivity contribution in [2.24, 2.45) is 0 Å². The van der Waals surface area contributed by atoms with E-state index in [1.54, 1.807) is 7.11 Å². The first-order valence-corrected chi connectivity index (χ1v) is 5.27. The SMILES string of the molecule is CCOCCNCCN(C)CCOC. The van der Waals surface area contributed by atoms with Gasteiger partial charge in [0.15, 0.2) is 0 Å². The predicted molar refractivity (Wildman–Crippen MR) is 58.7 cm³/mol. The number of likely N-dealkylation sites (N-methyl/N-ethyl adjacent to an activating group) is 1. The average molecular weight is 204 g/mol. The molecular weight excluding hydrogens is 180 g/mol. The second-order valence-corrected chi connectivity index (χ2v) is 3.24. The highest BCUT2D eigenvalue weighted by molar-refractivity contribution is 4.53. The summed E-state index contributed by atoms with van der Waals surface area (Å²) in [4.78, 5) is 2.25. The highest BCUT2D eigenvalue weighted by atomic mass is 16.5. The third-order valence-electron chi connectivity index (χ3n) is 1.97. The van der Waals surface area contributed by atoms with Gasteiger partial charge in [-0.05, 0) is 14.0 Å². The molecule has 1 N–H and O–H groups in total. The van der Waals surface area contributed by atoms with Gasteiger partial charge >= 0.3 is 0 Å². The van der Waals surface area contributed by atoms with Crippen molar-refractivity contribution < 1.29 is 9.47 Å². The Morgan fingerprint density at radius 3 is 2.57 bits per heavy atom. The van der Waals surface area contributed by atoms with Crippen molar-refractivity contribution in [2.45, 2.75) is 6.92 Å². The van der Waals surface area contributed by atoms with Crippen LogP contribution in [0.4, 0.5) is 0 Å². The van der Waals surface area contributed by atoms with Crippen LogP contribution < -0.4 is 5.32 Å². The van der Waals surface area contributed by atoms with Crippen LogP contribution in [0.15, 0.2) is 0 Å². The normalized spacial score (nSPS) is 11.1. The first-order valence-electron chi connectivity index (χ1n) is 5.27. The molecule has 0 bridgehead atoms. The van der Waals surface area contributed by atoms with Crippen LogP contribution in [0.3, 0.4) is 0 Å². The van der Waals surface area contributed by atoms with E-state index in [9.17, 15) is 0 Å². The van der Waals surface area contributed by atoms with Gasteiger partial charge in [0.05, 0.1) is 13.2 Å². The molecule has 0 spiro atoms. The molecule has 0 saturated carbocycles. The lowest BCUT2D eigenvalue weighted by Crippen LogP contribution is -2.32. The molecule has 4 heteroatoms. The third kappa shape index (κ3) is 9.92. The zero-order valence-electron chi connectivity index (χ0n) is 9.71. The molecule has 0 aliphatic carbocycles. The largest absolute Gasteiger partial charge is 0.383 e. The number of hydrogen-bond donors (Lipinski definition) is 1. The number of nitrogens with zero attached hydrogens (tertiary/aromatic N) is 1. The second kappa shape index (κ2) is 10.9. The minimum Gasteiger partial charge on any atom is -0.383 e. The molecule has 0 fully saturated rings. The van der Waals surface area contributed by atoms with Crippen molar-refractivity contribution in [3.8, 4) is 0 Å². The van der Waals surface area contributed by atoms with Crippen molar-refractivity contribution in [3.05, 3.63) is 0 Å². The van der Waals surface area contributed by atoms with E-state index in [0.29, 0.717) is 0 Å². The number of nitrogens with one attached hydrogen (secondary N) is 1. The van der Waals surface area contributed by atoms with Crippen LogP contribution in [0, 0.1) is 0 Å². The van der Waals surface area contributed by atoms with E-state index in [2.05, 4.69) is 17.3 Å². The van der Waals surface area contributed by atoms with E-state index in [0.717, 1.165) is 46.0 Å². The number of methoxy groups -OCH3 is 1. The Morgan fingerprint density at radius 1 is 1.14 bits per heavy atom. The minimum absolute atomic E-state index is 0.801. The van der Waals surface area contributed by atoms with Crippen molar-refractivity contribution in [2.75, 3.05) is 60.2 Å². The van der Waals surface area contributed by atoms with E-state index < -0.39 is 0 Å². The van der Waals surface area contributed by atoms with Gasteiger partial charge in [-0.3, -0.25) is 0 Å². The number of ether oxygens (including phenoxy) is 2. The monoisotopic (exact) mass is 204 g/mol. The van der Waals surface area contributed by atoms with Gasteiger partial charge in [0.2, 0.25) is 0 Å². The summed E-state index contributed by atoms with van der Waals surface area (Å²) in [5.74, 6) is 0. The maximum Gasteiger partial charge on any atom is 0.0590 e. The van der Waals surface area contributed by atoms with Crippen LogP contribution >= 0.6 is 0 Å². The molecule has 0 aliphatic rings. The highest BCUT2D eigenvalue weighted by Gasteiger charge is 1.96. The molecule has 0 radical (unpaired) electrons. The van der Waals surface area contributed by atoms with Crippen LogP contribution in [-0.4, -0.2) is 65.1 Å². The molecule has 4 nitrogen and oxygen atoms in total. The fourth-order valence-corrected chi connectivity index (χ4v) is 1.04. The smallest absolute Gasteiger partial charge is 0.0590 e. The fraction of sp³-hybridized carbons (Fsp3) is 1.00. The first kappa shape index (κ1) is 13.8. The number of rotatable bonds is 10. The molecule has 0 aromatic carbocycles. The van der Waals surface area contributed by atoms with Crippen LogP contribution in [0.2, 0.25) is 0 Å². The van der Waals surface area contributed by atoms with E-state index >= 15 is 0 Å². The van der Waals surface area contributed by atoms with Gasteiger partial charge in [-0.15, -0.1) is 0 Å². The maximum absolute atomic E-state index is 5.21. The van der Waals surface area contributed by atoms with Gasteiger partial charge in [-0.2, -0.15) is 0 Å². The summed E-state index contributed by atoms with van der Waals surface area (Å²) >= 11 is 0. The average Bonchev–Trinajstić information content (AvgIpc) is 2.20. The van der Waals surface area contributed by atoms with E-state index in [1.807, 2.05) is 6.92 Å². The summed E-state index contributed by atoms with van der Waals surface area (Å²) in [5.41, 5.74) is 0. The molecule has 0 aromatic heterocycles. The molecular formula is C10H24N2O2. The molecule has 0 saturated heterocycles. The number of hydrogen-bond acceptors (Lipinski definition) is 4. The molecule has 0 unspecified atom stereocenters. The standard InChI is InChI=1S/C10H24N2O2/c1-4-14-9-6-11-5-7-12(2)8-10-13-3/h11H,4-10H2,1-3H3. The quantitative estimate of drug-likeness (QED) is 0.515. The van der Waals surface area contributed by atoms with Crippen LogP contribution in [0.1, 0.15) is 6.92 Å². The van der Waals surface area contributed by atoms with E-state index in [-0.39, 0.29) is 0 Å². The lowest BCUT2D eigenvalue weighted by atomic mass is 10.5. The molecule has 0 aromatic rings. The lowest BCUT2D eigenvalue weighted by molar-refractivity contribution is 0.146. The summed E-state index contributed by atoms with van der Waals surface area (Å²) < 4.78 is 10.2. The summed E-state index contributed by atoms with van der Waals surface area (Å²) in [5, 5.41) is 3.32. The molecule has 86 valence electrons. The Balaban J connectivity index is 3.02. The van der Waals surface area contributed by atoms with Crippen molar-refractivity contribution in [1.29, 1.82) is 0 Å². The Bertz CT molecular complexity index is 112. The van der Waals surface area contributed by atoms with E-state index in [4.69, 9.17) is 9.47 Å². The Kier molecular flexibility index (Phi) is 10.8. The second-order valence-electron chi connectivity index (χ2n) is 3.24. The molecule has 0 heterocycles.